The predicted molar refractivity (Wildman–Crippen MR) is 237 cm³/mol. The van der Waals surface area contributed by atoms with Crippen molar-refractivity contribution < 1.29 is 46.5 Å². The van der Waals surface area contributed by atoms with Crippen LogP contribution >= 0.6 is 19.0 Å². The number of carbonyl (C=O) groups excluding carboxylic acids is 3. The number of esters is 1. The van der Waals surface area contributed by atoms with Gasteiger partial charge in [-0.15, -0.1) is 0 Å². The van der Waals surface area contributed by atoms with Crippen molar-refractivity contribution in [3.8, 4) is 17.0 Å². The summed E-state index contributed by atoms with van der Waals surface area (Å²) in [7, 11) is -4.04. The lowest BCUT2D eigenvalue weighted by Gasteiger charge is -2.31. The van der Waals surface area contributed by atoms with Crippen LogP contribution in [-0.4, -0.2) is 70.7 Å². The Morgan fingerprint density at radius 2 is 1.73 bits per heavy atom. The summed E-state index contributed by atoms with van der Waals surface area (Å²) in [6, 6.07) is 17.7. The van der Waals surface area contributed by atoms with E-state index in [1.165, 1.54) is 17.2 Å². The summed E-state index contributed by atoms with van der Waals surface area (Å²) in [6.45, 7) is 3.88. The maximum absolute atomic E-state index is 15.3. The van der Waals surface area contributed by atoms with Gasteiger partial charge in [-0.25, -0.2) is 13.8 Å². The van der Waals surface area contributed by atoms with Crippen molar-refractivity contribution in [3.05, 3.63) is 107 Å². The Balaban J connectivity index is 1.16. The maximum Gasteiger partial charge on any atom is 0.306 e. The average Bonchev–Trinajstić information content (AvgIpc) is 3.52. The third-order valence-corrected chi connectivity index (χ3v) is 17.1. The first-order valence-electron chi connectivity index (χ1n) is 22.2. The smallest absolute Gasteiger partial charge is 0.306 e. The Hall–Kier alpha value is -4.64. The zero-order valence-corrected chi connectivity index (χ0v) is 37.4. The molecule has 63 heavy (non-hydrogen) atoms. The van der Waals surface area contributed by atoms with Crippen molar-refractivity contribution in [2.24, 2.45) is 11.8 Å². The number of carbonyl (C=O) groups is 3. The third kappa shape index (κ3) is 9.59. The Morgan fingerprint density at radius 3 is 2.48 bits per heavy atom. The lowest BCUT2D eigenvalue weighted by Crippen LogP contribution is -2.45. The molecule has 8 rings (SSSR count). The van der Waals surface area contributed by atoms with E-state index >= 15 is 18.1 Å². The molecule has 3 aromatic carbocycles. The normalized spacial score (nSPS) is 25.9. The fourth-order valence-electron chi connectivity index (χ4n) is 9.71. The first-order valence-corrected chi connectivity index (χ1v) is 24.4. The SMILES string of the molecule is CCOP(=O)(Cc1c(F)cccc1F)[C@]12CC(=O)[C@@H]3C[C@@H](Oc4cc(-c5ccccc5)nc5c(Cl)c(C)ccc45)CN3C(=O)[C@@H](CC(=O)OC3CCCC3)CCCCO/C=C\[C@H]1C2. The summed E-state index contributed by atoms with van der Waals surface area (Å²) in [4.78, 5) is 50.0. The van der Waals surface area contributed by atoms with Gasteiger partial charge in [0.25, 0.3) is 0 Å². The topological polar surface area (TPSA) is 121 Å². The molecule has 0 bridgehead atoms. The number of halogens is 3. The molecule has 4 aromatic rings. The van der Waals surface area contributed by atoms with E-state index in [-0.39, 0.29) is 62.2 Å². The Kier molecular flexibility index (Phi) is 13.7. The van der Waals surface area contributed by atoms with Gasteiger partial charge in [0, 0.05) is 41.3 Å². The number of allylic oxidation sites excluding steroid dienone is 1. The Labute approximate surface area is 372 Å². The second kappa shape index (κ2) is 19.2. The molecule has 2 aliphatic heterocycles. The van der Waals surface area contributed by atoms with Crippen molar-refractivity contribution in [3.63, 3.8) is 0 Å². The molecule has 1 aromatic heterocycles. The van der Waals surface area contributed by atoms with Crippen molar-refractivity contribution in [1.82, 2.24) is 9.88 Å². The number of pyridine rings is 1. The van der Waals surface area contributed by atoms with Gasteiger partial charge < -0.3 is 23.6 Å². The minimum absolute atomic E-state index is 0.0206. The van der Waals surface area contributed by atoms with Crippen molar-refractivity contribution >= 4 is 47.5 Å². The highest BCUT2D eigenvalue weighted by atomic mass is 35.5. The molecular weight excluding hydrogens is 849 g/mol. The molecule has 14 heteroatoms. The molecule has 2 saturated carbocycles. The second-order valence-electron chi connectivity index (χ2n) is 17.4. The summed E-state index contributed by atoms with van der Waals surface area (Å²) in [5.41, 5.74) is 2.49. The zero-order chi connectivity index (χ0) is 44.3. The number of ether oxygens (including phenoxy) is 3. The van der Waals surface area contributed by atoms with E-state index < -0.39 is 60.3 Å². The summed E-state index contributed by atoms with van der Waals surface area (Å²) in [5, 5.41) is -0.190. The molecule has 4 aliphatic rings. The first-order chi connectivity index (χ1) is 30.4. The number of benzene rings is 3. The van der Waals surface area contributed by atoms with Crippen LogP contribution in [0.25, 0.3) is 22.2 Å². The summed E-state index contributed by atoms with van der Waals surface area (Å²) in [5.74, 6) is -3.70. The number of hydrogen-bond acceptors (Lipinski definition) is 9. The molecule has 3 fully saturated rings. The highest BCUT2D eigenvalue weighted by molar-refractivity contribution is 7.60. The first kappa shape index (κ1) is 44.9. The summed E-state index contributed by atoms with van der Waals surface area (Å²) < 4.78 is 70.3. The van der Waals surface area contributed by atoms with Crippen LogP contribution in [0, 0.1) is 30.4 Å². The van der Waals surface area contributed by atoms with E-state index in [4.69, 9.17) is 35.3 Å². The third-order valence-electron chi connectivity index (χ3n) is 13.2. The molecule has 0 spiro atoms. The van der Waals surface area contributed by atoms with E-state index in [1.807, 2.05) is 55.5 Å². The summed E-state index contributed by atoms with van der Waals surface area (Å²) in [6.07, 6.45) is 6.81. The highest BCUT2D eigenvalue weighted by Gasteiger charge is 2.66. The molecule has 1 saturated heterocycles. The predicted octanol–water partition coefficient (Wildman–Crippen LogP) is 10.9. The molecule has 6 atom stereocenters. The standard InChI is InChI=1S/C49H54ClF2N2O8P/c1-3-60-63(58,30-38-39(51)17-11-18-40(38)52)49-27-34(49)21-23-59-22-10-9-14-33(24-45(56)62-35-15-7-8-16-35)48(57)54-29-36(25-42(54)43(55)28-49)61-44-26-41(32-12-5-4-6-13-32)53-47-37(44)20-19-31(2)46(47)50/h4-6,11-13,17-21,23,26,33-36,42H,3,7-10,14-16,22,24-25,27-30H2,1-2H3/b23-21-/t33-,34+,36-,42+,49-,63?/m1/s1. The van der Waals surface area contributed by atoms with E-state index in [9.17, 15) is 9.59 Å². The number of ketones is 1. The van der Waals surface area contributed by atoms with Crippen molar-refractivity contribution in [2.45, 2.75) is 114 Å². The molecule has 1 unspecified atom stereocenters. The summed E-state index contributed by atoms with van der Waals surface area (Å²) >= 11 is 6.87. The van der Waals surface area contributed by atoms with Gasteiger partial charge in [-0.1, -0.05) is 54.1 Å². The second-order valence-corrected chi connectivity index (χ2v) is 20.6. The van der Waals surface area contributed by atoms with Crippen LogP contribution in [0.1, 0.15) is 88.7 Å². The van der Waals surface area contributed by atoms with Gasteiger partial charge in [0.15, 0.2) is 5.78 Å². The fraction of sp³-hybridized carbons (Fsp3) is 0.469. The van der Waals surface area contributed by atoms with Gasteiger partial charge in [0.05, 0.1) is 66.0 Å². The van der Waals surface area contributed by atoms with Gasteiger partial charge in [-0.3, -0.25) is 18.9 Å². The van der Waals surface area contributed by atoms with Gasteiger partial charge in [-0.05, 0) is 101 Å². The minimum atomic E-state index is -4.04. The largest absolute Gasteiger partial charge is 0.502 e. The highest BCUT2D eigenvalue weighted by Crippen LogP contribution is 2.77. The molecule has 10 nitrogen and oxygen atoms in total. The lowest BCUT2D eigenvalue weighted by atomic mass is 9.95. The number of aromatic nitrogens is 1. The number of Topliss-reactive ketones (excluding diaryl/α,β-unsaturated/α-hetero) is 1. The number of aryl methyl sites for hydroxylation is 1. The van der Waals surface area contributed by atoms with Crippen LogP contribution in [-0.2, 0) is 39.1 Å². The van der Waals surface area contributed by atoms with Crippen molar-refractivity contribution in [2.75, 3.05) is 19.8 Å². The fourth-order valence-corrected chi connectivity index (χ4v) is 13.2. The van der Waals surface area contributed by atoms with Gasteiger partial charge in [-0.2, -0.15) is 0 Å². The Bertz CT molecular complexity index is 2410. The van der Waals surface area contributed by atoms with E-state index in [2.05, 4.69) is 0 Å². The monoisotopic (exact) mass is 902 g/mol. The van der Waals surface area contributed by atoms with Crippen molar-refractivity contribution in [1.29, 1.82) is 0 Å². The molecule has 3 heterocycles. The van der Waals surface area contributed by atoms with Crippen LogP contribution in [0.5, 0.6) is 5.75 Å². The number of amides is 1. The lowest BCUT2D eigenvalue weighted by molar-refractivity contribution is -0.154. The van der Waals surface area contributed by atoms with Gasteiger partial charge in [0.1, 0.15) is 29.6 Å². The minimum Gasteiger partial charge on any atom is -0.502 e. The molecule has 334 valence electrons. The quantitative estimate of drug-likeness (QED) is 0.107. The molecular formula is C49H54ClF2N2O8P. The molecule has 0 N–H and O–H groups in total. The average molecular weight is 903 g/mol. The number of rotatable bonds is 11. The van der Waals surface area contributed by atoms with E-state index in [1.54, 1.807) is 13.0 Å². The van der Waals surface area contributed by atoms with E-state index in [0.29, 0.717) is 53.2 Å². The van der Waals surface area contributed by atoms with Crippen LogP contribution in [0.3, 0.4) is 0 Å². The van der Waals surface area contributed by atoms with Crippen LogP contribution in [0.15, 0.2) is 79.1 Å². The van der Waals surface area contributed by atoms with Gasteiger partial charge >= 0.3 is 5.97 Å². The van der Waals surface area contributed by atoms with Crippen LogP contribution in [0.4, 0.5) is 8.78 Å². The van der Waals surface area contributed by atoms with Crippen LogP contribution in [0.2, 0.25) is 5.02 Å². The van der Waals surface area contributed by atoms with Gasteiger partial charge in [0.2, 0.25) is 13.3 Å². The Morgan fingerprint density at radius 1 is 0.984 bits per heavy atom. The zero-order valence-electron chi connectivity index (χ0n) is 35.7. The number of nitrogens with zero attached hydrogens (tertiary/aromatic N) is 2. The number of hydrogen-bond donors (Lipinski definition) is 0. The number of fused-ring (bicyclic) bond motifs is 3. The van der Waals surface area contributed by atoms with E-state index in [0.717, 1.165) is 48.9 Å². The molecule has 0 radical (unpaired) electrons. The molecule has 2 aliphatic carbocycles. The molecule has 1 amide bonds. The maximum atomic E-state index is 15.3. The van der Waals surface area contributed by atoms with Crippen LogP contribution < -0.4 is 4.74 Å².